The Morgan fingerprint density at radius 3 is 2.53 bits per heavy atom. The number of nitrogens with zero attached hydrogens (tertiary/aromatic N) is 3. The Kier molecular flexibility index (Phi) is 7.17. The third-order valence-electron chi connectivity index (χ3n) is 2.79. The van der Waals surface area contributed by atoms with E-state index in [1.165, 1.54) is 4.88 Å². The maximum atomic E-state index is 4.36. The monoisotopic (exact) mass is 338 g/mol. The van der Waals surface area contributed by atoms with Crippen LogP contribution >= 0.6 is 47.9 Å². The van der Waals surface area contributed by atoms with Gasteiger partial charge < -0.3 is 10.2 Å². The highest BCUT2D eigenvalue weighted by Crippen LogP contribution is 2.20. The van der Waals surface area contributed by atoms with Crippen LogP contribution in [-0.2, 0) is 0 Å². The van der Waals surface area contributed by atoms with Crippen LogP contribution in [0.25, 0.3) is 0 Å². The fourth-order valence-corrected chi connectivity index (χ4v) is 3.61. The smallest absolute Gasteiger partial charge is 0.186 e. The van der Waals surface area contributed by atoms with E-state index in [1.54, 1.807) is 23.1 Å². The molecule has 1 saturated heterocycles. The largest absolute Gasteiger partial charge is 0.347 e. The zero-order chi connectivity index (χ0) is 11.5. The first-order chi connectivity index (χ1) is 8.43. The molecule has 0 unspecified atom stereocenters. The summed E-state index contributed by atoms with van der Waals surface area (Å²) in [5.74, 6) is 0.934. The lowest BCUT2D eigenvalue weighted by Crippen LogP contribution is -2.46. The van der Waals surface area contributed by atoms with E-state index >= 15 is 0 Å². The van der Waals surface area contributed by atoms with Crippen LogP contribution in [0.3, 0.4) is 0 Å². The van der Waals surface area contributed by atoms with Crippen molar-refractivity contribution in [3.05, 3.63) is 22.4 Å². The van der Waals surface area contributed by atoms with Crippen molar-refractivity contribution < 1.29 is 0 Å². The number of amidine groups is 1. The Balaban J connectivity index is 0.000000902. The van der Waals surface area contributed by atoms with Gasteiger partial charge in [0.25, 0.3) is 0 Å². The molecule has 0 spiro atoms. The van der Waals surface area contributed by atoms with Gasteiger partial charge in [0.1, 0.15) is 0 Å². The molecule has 1 N–H and O–H groups in total. The van der Waals surface area contributed by atoms with Crippen LogP contribution in [0.1, 0.15) is 4.88 Å². The van der Waals surface area contributed by atoms with Crippen molar-refractivity contribution in [1.29, 1.82) is 0 Å². The molecule has 0 aromatic carbocycles. The van der Waals surface area contributed by atoms with Gasteiger partial charge in [0.05, 0.1) is 10.6 Å². The van der Waals surface area contributed by atoms with Gasteiger partial charge in [0.2, 0.25) is 0 Å². The van der Waals surface area contributed by atoms with Crippen molar-refractivity contribution in [2.24, 2.45) is 10.2 Å². The molecule has 0 radical (unpaired) electrons. The molecule has 4 nitrogen and oxygen atoms in total. The molecular weight excluding hydrogens is 323 g/mol. The summed E-state index contributed by atoms with van der Waals surface area (Å²) in [5, 5.41) is 15.2. The van der Waals surface area contributed by atoms with Gasteiger partial charge in [-0.2, -0.15) is 5.10 Å². The quantitative estimate of drug-likeness (QED) is 0.854. The van der Waals surface area contributed by atoms with Crippen LogP contribution in [0.2, 0.25) is 0 Å². The highest BCUT2D eigenvalue weighted by atomic mass is 35.5. The maximum Gasteiger partial charge on any atom is 0.186 e. The fraction of sp³-hybridized carbons (Fsp3) is 0.455. The van der Waals surface area contributed by atoms with Crippen molar-refractivity contribution in [2.45, 2.75) is 0 Å². The highest BCUT2D eigenvalue weighted by molar-refractivity contribution is 8.14. The van der Waals surface area contributed by atoms with Gasteiger partial charge in [-0.1, -0.05) is 17.8 Å². The molecule has 3 heterocycles. The van der Waals surface area contributed by atoms with Gasteiger partial charge in [-0.25, -0.2) is 0 Å². The maximum absolute atomic E-state index is 4.36. The van der Waals surface area contributed by atoms with E-state index in [4.69, 9.17) is 0 Å². The minimum absolute atomic E-state index is 0. The van der Waals surface area contributed by atoms with Gasteiger partial charge in [-0.05, 0) is 11.4 Å². The summed E-state index contributed by atoms with van der Waals surface area (Å²) in [7, 11) is 0. The molecule has 0 bridgehead atoms. The number of halogens is 2. The van der Waals surface area contributed by atoms with Crippen LogP contribution in [0.15, 0.2) is 27.7 Å². The lowest BCUT2D eigenvalue weighted by molar-refractivity contribution is 0.362. The summed E-state index contributed by atoms with van der Waals surface area (Å²) in [6.45, 7) is 4.16. The summed E-state index contributed by atoms with van der Waals surface area (Å²) in [5.41, 5.74) is 1.10. The normalized spacial score (nSPS) is 18.8. The number of rotatable bonds is 1. The minimum Gasteiger partial charge on any atom is -0.347 e. The molecule has 0 atom stereocenters. The summed E-state index contributed by atoms with van der Waals surface area (Å²) in [6.07, 6.45) is 0. The van der Waals surface area contributed by atoms with E-state index in [2.05, 4.69) is 37.9 Å². The number of piperazine rings is 1. The predicted octanol–water partition coefficient (Wildman–Crippen LogP) is 2.30. The van der Waals surface area contributed by atoms with E-state index in [9.17, 15) is 0 Å². The van der Waals surface area contributed by atoms with Gasteiger partial charge in [-0.15, -0.1) is 41.3 Å². The van der Waals surface area contributed by atoms with Crippen LogP contribution < -0.4 is 5.32 Å². The molecular formula is C11H16Cl2N4S2. The first-order valence-electron chi connectivity index (χ1n) is 5.70. The lowest BCUT2D eigenvalue weighted by Gasteiger charge is -2.30. The van der Waals surface area contributed by atoms with Crippen LogP contribution in [0.4, 0.5) is 0 Å². The predicted molar refractivity (Wildman–Crippen MR) is 89.7 cm³/mol. The molecule has 0 saturated carbocycles. The number of hydrogen-bond donors (Lipinski definition) is 1. The SMILES string of the molecule is Cl.Cl.c1csc(C2=NN=C(N3CCNCC3)SC2)c1. The Morgan fingerprint density at radius 1 is 1.16 bits per heavy atom. The van der Waals surface area contributed by atoms with Crippen molar-refractivity contribution in [3.8, 4) is 0 Å². The third-order valence-corrected chi connectivity index (χ3v) is 4.72. The Morgan fingerprint density at radius 2 is 1.95 bits per heavy atom. The highest BCUT2D eigenvalue weighted by Gasteiger charge is 2.19. The molecule has 1 aromatic heterocycles. The molecule has 2 aliphatic rings. The molecule has 106 valence electrons. The van der Waals surface area contributed by atoms with E-state index in [-0.39, 0.29) is 24.8 Å². The molecule has 0 amide bonds. The Hall–Kier alpha value is -0.270. The van der Waals surface area contributed by atoms with E-state index in [1.807, 2.05) is 0 Å². The molecule has 2 aliphatic heterocycles. The Labute approximate surface area is 133 Å². The summed E-state index contributed by atoms with van der Waals surface area (Å²) in [6, 6.07) is 4.16. The van der Waals surface area contributed by atoms with Crippen LogP contribution in [0, 0.1) is 0 Å². The van der Waals surface area contributed by atoms with Crippen LogP contribution in [0.5, 0.6) is 0 Å². The molecule has 0 aliphatic carbocycles. The van der Waals surface area contributed by atoms with Crippen LogP contribution in [-0.4, -0.2) is 47.7 Å². The molecule has 1 fully saturated rings. The lowest BCUT2D eigenvalue weighted by atomic mass is 10.3. The zero-order valence-corrected chi connectivity index (χ0v) is 13.5. The first-order valence-corrected chi connectivity index (χ1v) is 7.57. The van der Waals surface area contributed by atoms with E-state index in [0.717, 1.165) is 42.8 Å². The van der Waals surface area contributed by atoms with Crippen molar-refractivity contribution >= 4 is 58.8 Å². The zero-order valence-electron chi connectivity index (χ0n) is 10.2. The number of nitrogens with one attached hydrogen (secondary N) is 1. The first kappa shape index (κ1) is 16.8. The average Bonchev–Trinajstić information content (AvgIpc) is 2.94. The second kappa shape index (κ2) is 8.11. The van der Waals surface area contributed by atoms with Crippen molar-refractivity contribution in [2.75, 3.05) is 31.9 Å². The van der Waals surface area contributed by atoms with Crippen molar-refractivity contribution in [3.63, 3.8) is 0 Å². The minimum atomic E-state index is 0. The topological polar surface area (TPSA) is 40.0 Å². The molecule has 3 rings (SSSR count). The average molecular weight is 339 g/mol. The summed E-state index contributed by atoms with van der Waals surface area (Å²) in [4.78, 5) is 3.55. The second-order valence-electron chi connectivity index (χ2n) is 3.93. The molecule has 1 aromatic rings. The standard InChI is InChI=1S/C11H14N4S2.2ClH/c1-2-10(16-7-1)9-8-17-11(14-13-9)15-5-3-12-4-6-15;;/h1-2,7,12H,3-6,8H2;2*1H. The van der Waals surface area contributed by atoms with E-state index in [0.29, 0.717) is 0 Å². The number of thiophene rings is 1. The second-order valence-corrected chi connectivity index (χ2v) is 5.82. The van der Waals surface area contributed by atoms with Gasteiger partial charge in [0, 0.05) is 31.9 Å². The molecule has 8 heteroatoms. The third kappa shape index (κ3) is 4.10. The van der Waals surface area contributed by atoms with Gasteiger partial charge in [-0.3, -0.25) is 0 Å². The van der Waals surface area contributed by atoms with E-state index < -0.39 is 0 Å². The number of hydrogen-bond acceptors (Lipinski definition) is 6. The van der Waals surface area contributed by atoms with Gasteiger partial charge >= 0.3 is 0 Å². The Bertz CT molecular complexity index is 442. The van der Waals surface area contributed by atoms with Gasteiger partial charge in [0.15, 0.2) is 5.17 Å². The van der Waals surface area contributed by atoms with Crippen molar-refractivity contribution in [1.82, 2.24) is 10.2 Å². The summed E-state index contributed by atoms with van der Waals surface area (Å²) < 4.78 is 0. The number of thioether (sulfide) groups is 1. The summed E-state index contributed by atoms with van der Waals surface area (Å²) >= 11 is 3.53. The fourth-order valence-electron chi connectivity index (χ4n) is 1.87. The molecule has 19 heavy (non-hydrogen) atoms.